The molecule has 0 saturated carbocycles. The van der Waals surface area contributed by atoms with Crippen LogP contribution in [0.2, 0.25) is 0 Å². The number of ether oxygens (including phenoxy) is 1. The van der Waals surface area contributed by atoms with Crippen LogP contribution in [0, 0.1) is 6.92 Å². The van der Waals surface area contributed by atoms with E-state index in [1.807, 2.05) is 31.3 Å². The number of nitrogens with one attached hydrogen (secondary N) is 2. The van der Waals surface area contributed by atoms with Crippen LogP contribution in [0.25, 0.3) is 10.9 Å². The van der Waals surface area contributed by atoms with Crippen molar-refractivity contribution in [3.8, 4) is 5.75 Å². The highest BCUT2D eigenvalue weighted by Gasteiger charge is 2.10. The predicted octanol–water partition coefficient (Wildman–Crippen LogP) is 2.21. The van der Waals surface area contributed by atoms with E-state index in [9.17, 15) is 5.11 Å². The maximum Gasteiger partial charge on any atom is 0.129 e. The molecule has 19 heavy (non-hydrogen) atoms. The zero-order valence-electron chi connectivity index (χ0n) is 11.7. The minimum absolute atomic E-state index is 0.295. The van der Waals surface area contributed by atoms with Gasteiger partial charge >= 0.3 is 0 Å². The molecule has 2 aromatic rings. The Morgan fingerprint density at radius 3 is 2.89 bits per heavy atom. The van der Waals surface area contributed by atoms with Crippen molar-refractivity contribution < 1.29 is 9.84 Å². The Morgan fingerprint density at radius 2 is 2.16 bits per heavy atom. The number of aliphatic hydroxyl groups is 1. The molecule has 4 heteroatoms. The van der Waals surface area contributed by atoms with E-state index in [-0.39, 0.29) is 0 Å². The minimum Gasteiger partial charge on any atom is -0.490 e. The lowest BCUT2D eigenvalue weighted by molar-refractivity contribution is 0.105. The number of H-pyrrole nitrogens is 1. The first-order valence-corrected chi connectivity index (χ1v) is 6.69. The van der Waals surface area contributed by atoms with Crippen molar-refractivity contribution in [3.63, 3.8) is 0 Å². The first-order valence-electron chi connectivity index (χ1n) is 6.69. The van der Waals surface area contributed by atoms with Gasteiger partial charge in [-0.15, -0.1) is 0 Å². The van der Waals surface area contributed by atoms with Gasteiger partial charge in [0.15, 0.2) is 0 Å². The number of aliphatic hydroxyl groups excluding tert-OH is 1. The Hall–Kier alpha value is -1.52. The molecule has 4 nitrogen and oxygen atoms in total. The Morgan fingerprint density at radius 1 is 1.37 bits per heavy atom. The second-order valence-electron chi connectivity index (χ2n) is 5.18. The highest BCUT2D eigenvalue weighted by atomic mass is 16.5. The van der Waals surface area contributed by atoms with Crippen molar-refractivity contribution in [2.24, 2.45) is 0 Å². The van der Waals surface area contributed by atoms with Crippen LogP contribution in [-0.4, -0.2) is 35.4 Å². The number of aromatic nitrogens is 1. The van der Waals surface area contributed by atoms with Crippen LogP contribution in [0.4, 0.5) is 0 Å². The second kappa shape index (κ2) is 6.08. The van der Waals surface area contributed by atoms with Gasteiger partial charge in [0, 0.05) is 29.7 Å². The highest BCUT2D eigenvalue weighted by Crippen LogP contribution is 2.28. The van der Waals surface area contributed by atoms with E-state index in [2.05, 4.69) is 24.1 Å². The molecular formula is C15H22N2O2. The first-order chi connectivity index (χ1) is 9.08. The summed E-state index contributed by atoms with van der Waals surface area (Å²) >= 11 is 0. The summed E-state index contributed by atoms with van der Waals surface area (Å²) in [5.41, 5.74) is 2.21. The van der Waals surface area contributed by atoms with Crippen LogP contribution in [-0.2, 0) is 0 Å². The lowest BCUT2D eigenvalue weighted by atomic mass is 10.2. The van der Waals surface area contributed by atoms with Gasteiger partial charge in [-0.05, 0) is 24.6 Å². The summed E-state index contributed by atoms with van der Waals surface area (Å²) in [5.74, 6) is 0.819. The third-order valence-corrected chi connectivity index (χ3v) is 3.06. The molecule has 0 aliphatic carbocycles. The fourth-order valence-electron chi connectivity index (χ4n) is 2.05. The van der Waals surface area contributed by atoms with Crippen LogP contribution >= 0.6 is 0 Å². The van der Waals surface area contributed by atoms with Crippen LogP contribution in [0.1, 0.15) is 19.4 Å². The number of hydrogen-bond donors (Lipinski definition) is 3. The Balaban J connectivity index is 2.00. The molecule has 3 N–H and O–H groups in total. The Kier molecular flexibility index (Phi) is 4.45. The molecule has 0 bridgehead atoms. The molecule has 1 unspecified atom stereocenters. The highest BCUT2D eigenvalue weighted by molar-refractivity contribution is 5.89. The average molecular weight is 262 g/mol. The summed E-state index contributed by atoms with van der Waals surface area (Å²) in [5, 5.41) is 14.1. The Bertz CT molecular complexity index is 534. The SMILES string of the molecule is Cc1c[nH]c2cccc(OCC(O)CNC(C)C)c12. The third-order valence-electron chi connectivity index (χ3n) is 3.06. The predicted molar refractivity (Wildman–Crippen MR) is 77.7 cm³/mol. The molecule has 1 aromatic carbocycles. The molecule has 104 valence electrons. The van der Waals surface area contributed by atoms with Crippen molar-refractivity contribution in [2.45, 2.75) is 32.9 Å². The lowest BCUT2D eigenvalue weighted by Crippen LogP contribution is -2.35. The molecular weight excluding hydrogens is 240 g/mol. The number of benzene rings is 1. The van der Waals surface area contributed by atoms with E-state index >= 15 is 0 Å². The number of rotatable bonds is 6. The number of hydrogen-bond acceptors (Lipinski definition) is 3. The second-order valence-corrected chi connectivity index (χ2v) is 5.18. The monoisotopic (exact) mass is 262 g/mol. The first kappa shape index (κ1) is 13.9. The van der Waals surface area contributed by atoms with Crippen LogP contribution < -0.4 is 10.1 Å². The fourth-order valence-corrected chi connectivity index (χ4v) is 2.05. The van der Waals surface area contributed by atoms with E-state index in [0.717, 1.165) is 22.2 Å². The molecule has 0 fully saturated rings. The van der Waals surface area contributed by atoms with E-state index in [4.69, 9.17) is 4.74 Å². The molecule has 0 aliphatic heterocycles. The third kappa shape index (κ3) is 3.49. The molecule has 1 heterocycles. The van der Waals surface area contributed by atoms with Crippen molar-refractivity contribution in [1.29, 1.82) is 0 Å². The summed E-state index contributed by atoms with van der Waals surface area (Å²) in [6.07, 6.45) is 1.46. The quantitative estimate of drug-likeness (QED) is 0.748. The molecule has 1 aromatic heterocycles. The molecule has 0 radical (unpaired) electrons. The van der Waals surface area contributed by atoms with E-state index in [1.54, 1.807) is 0 Å². The summed E-state index contributed by atoms with van der Waals surface area (Å²) in [6, 6.07) is 6.27. The zero-order valence-corrected chi connectivity index (χ0v) is 11.7. The van der Waals surface area contributed by atoms with E-state index in [0.29, 0.717) is 19.2 Å². The summed E-state index contributed by atoms with van der Waals surface area (Å²) < 4.78 is 5.74. The van der Waals surface area contributed by atoms with Crippen LogP contribution in [0.5, 0.6) is 5.75 Å². The minimum atomic E-state index is -0.503. The van der Waals surface area contributed by atoms with Gasteiger partial charge in [0.1, 0.15) is 18.5 Å². The number of aromatic amines is 1. The largest absolute Gasteiger partial charge is 0.490 e. The summed E-state index contributed by atoms with van der Waals surface area (Å²) in [6.45, 7) is 6.99. The summed E-state index contributed by atoms with van der Waals surface area (Å²) in [4.78, 5) is 3.20. The summed E-state index contributed by atoms with van der Waals surface area (Å²) in [7, 11) is 0. The number of aryl methyl sites for hydroxylation is 1. The average Bonchev–Trinajstić information content (AvgIpc) is 2.76. The maximum atomic E-state index is 9.86. The van der Waals surface area contributed by atoms with Gasteiger partial charge in [0.25, 0.3) is 0 Å². The van der Waals surface area contributed by atoms with Crippen molar-refractivity contribution in [2.75, 3.05) is 13.2 Å². The van der Waals surface area contributed by atoms with Gasteiger partial charge in [-0.3, -0.25) is 0 Å². The van der Waals surface area contributed by atoms with Crippen LogP contribution in [0.15, 0.2) is 24.4 Å². The molecule has 0 amide bonds. The van der Waals surface area contributed by atoms with Gasteiger partial charge in [-0.2, -0.15) is 0 Å². The van der Waals surface area contributed by atoms with Gasteiger partial charge in [-0.25, -0.2) is 0 Å². The fraction of sp³-hybridized carbons (Fsp3) is 0.467. The number of fused-ring (bicyclic) bond motifs is 1. The topological polar surface area (TPSA) is 57.3 Å². The molecule has 1 atom stereocenters. The molecule has 0 saturated heterocycles. The van der Waals surface area contributed by atoms with Crippen molar-refractivity contribution in [3.05, 3.63) is 30.0 Å². The normalized spacial score (nSPS) is 13.1. The van der Waals surface area contributed by atoms with Gasteiger partial charge < -0.3 is 20.1 Å². The van der Waals surface area contributed by atoms with Crippen molar-refractivity contribution >= 4 is 10.9 Å². The van der Waals surface area contributed by atoms with Gasteiger partial charge in [-0.1, -0.05) is 19.9 Å². The Labute approximate surface area is 113 Å². The molecule has 0 aliphatic rings. The van der Waals surface area contributed by atoms with E-state index in [1.165, 1.54) is 0 Å². The van der Waals surface area contributed by atoms with Crippen LogP contribution in [0.3, 0.4) is 0 Å². The molecule has 0 spiro atoms. The van der Waals surface area contributed by atoms with Gasteiger partial charge in [0.2, 0.25) is 0 Å². The van der Waals surface area contributed by atoms with Gasteiger partial charge in [0.05, 0.1) is 0 Å². The van der Waals surface area contributed by atoms with Crippen molar-refractivity contribution in [1.82, 2.24) is 10.3 Å². The zero-order chi connectivity index (χ0) is 13.8. The van der Waals surface area contributed by atoms with E-state index < -0.39 is 6.10 Å². The molecule has 2 rings (SSSR count). The lowest BCUT2D eigenvalue weighted by Gasteiger charge is -2.15. The standard InChI is InChI=1S/C15H22N2O2/c1-10(2)16-8-12(18)9-19-14-6-4-5-13-15(14)11(3)7-17-13/h4-7,10,12,16-18H,8-9H2,1-3H3. The smallest absolute Gasteiger partial charge is 0.129 e. The maximum absolute atomic E-state index is 9.86.